The van der Waals surface area contributed by atoms with Crippen molar-refractivity contribution in [3.05, 3.63) is 90.8 Å². The summed E-state index contributed by atoms with van der Waals surface area (Å²) in [5, 5.41) is 21.1. The van der Waals surface area contributed by atoms with Gasteiger partial charge in [0.15, 0.2) is 5.65 Å². The van der Waals surface area contributed by atoms with E-state index >= 15 is 0 Å². The summed E-state index contributed by atoms with van der Waals surface area (Å²) in [6.45, 7) is 1.87. The molecule has 10 nitrogen and oxygen atoms in total. The first-order chi connectivity index (χ1) is 17.8. The quantitative estimate of drug-likeness (QED) is 0.346. The van der Waals surface area contributed by atoms with Gasteiger partial charge in [0.25, 0.3) is 10.0 Å². The highest BCUT2D eigenvalue weighted by molar-refractivity contribution is 7.90. The van der Waals surface area contributed by atoms with Crippen LogP contribution in [0.3, 0.4) is 0 Å². The van der Waals surface area contributed by atoms with E-state index in [0.29, 0.717) is 27.6 Å². The molecule has 0 bridgehead atoms. The molecule has 37 heavy (non-hydrogen) atoms. The lowest BCUT2D eigenvalue weighted by Crippen LogP contribution is -2.12. The molecule has 5 rings (SSSR count). The predicted molar refractivity (Wildman–Crippen MR) is 136 cm³/mol. The molecule has 1 aromatic carbocycles. The Morgan fingerprint density at radius 1 is 1.00 bits per heavy atom. The number of nitrogens with one attached hydrogen (secondary N) is 1. The van der Waals surface area contributed by atoms with Gasteiger partial charge in [-0.25, -0.2) is 27.2 Å². The van der Waals surface area contributed by atoms with Crippen molar-refractivity contribution in [3.63, 3.8) is 0 Å². The summed E-state index contributed by atoms with van der Waals surface area (Å²) in [5.41, 5.74) is 3.87. The zero-order chi connectivity index (χ0) is 26.2. The number of pyridine rings is 3. The van der Waals surface area contributed by atoms with Crippen LogP contribution in [0.2, 0.25) is 0 Å². The Bertz CT molecular complexity index is 1820. The molecular formula is C26H18N6O4S. The lowest BCUT2D eigenvalue weighted by Gasteiger charge is -2.08. The first-order valence-corrected chi connectivity index (χ1v) is 12.4. The Balaban J connectivity index is 1.74. The summed E-state index contributed by atoms with van der Waals surface area (Å²) in [4.78, 5) is 23.7. The molecule has 182 valence electrons. The summed E-state index contributed by atoms with van der Waals surface area (Å²) in [7, 11) is -4.00. The highest BCUT2D eigenvalue weighted by atomic mass is 32.2. The number of fused-ring (bicyclic) bond motifs is 1. The van der Waals surface area contributed by atoms with Crippen molar-refractivity contribution in [1.82, 2.24) is 18.9 Å². The molecule has 4 aromatic heterocycles. The van der Waals surface area contributed by atoms with Crippen LogP contribution in [0.25, 0.3) is 33.3 Å². The standard InChI is InChI=1S/C26H18N6O4S/c1-16-2-4-22(5-3-16)37(35,36)32-15-24(17-6-7-29-20(8-17)11-27)23-10-19(13-30-25(23)32)18-9-21(14-28-12-18)31-26(33)34/h2-10,12-15,31H,1H3,(H,33,34). The molecule has 0 saturated carbocycles. The number of nitrogens with zero attached hydrogens (tertiary/aromatic N) is 5. The third-order valence-electron chi connectivity index (χ3n) is 5.70. The maximum Gasteiger partial charge on any atom is 0.409 e. The second-order valence-electron chi connectivity index (χ2n) is 8.19. The zero-order valence-electron chi connectivity index (χ0n) is 19.3. The van der Waals surface area contributed by atoms with Gasteiger partial charge in [-0.2, -0.15) is 5.26 Å². The molecule has 2 N–H and O–H groups in total. The molecule has 0 aliphatic carbocycles. The second kappa shape index (κ2) is 9.18. The number of benzene rings is 1. The SMILES string of the molecule is Cc1ccc(S(=O)(=O)n2cc(-c3ccnc(C#N)c3)c3cc(-c4cncc(NC(=O)O)c4)cnc32)cc1. The van der Waals surface area contributed by atoms with Crippen molar-refractivity contribution in [2.75, 3.05) is 5.32 Å². The lowest BCUT2D eigenvalue weighted by atomic mass is 10.0. The summed E-state index contributed by atoms with van der Waals surface area (Å²) >= 11 is 0. The molecule has 0 fully saturated rings. The number of hydrogen-bond acceptors (Lipinski definition) is 7. The maximum absolute atomic E-state index is 13.6. The number of aryl methyl sites for hydroxylation is 1. The summed E-state index contributed by atoms with van der Waals surface area (Å²) < 4.78 is 28.4. The van der Waals surface area contributed by atoms with Crippen LogP contribution >= 0.6 is 0 Å². The van der Waals surface area contributed by atoms with E-state index in [-0.39, 0.29) is 21.9 Å². The Morgan fingerprint density at radius 2 is 1.76 bits per heavy atom. The molecule has 1 amide bonds. The van der Waals surface area contributed by atoms with Gasteiger partial charge in [-0.15, -0.1) is 0 Å². The number of nitriles is 1. The van der Waals surface area contributed by atoms with E-state index in [2.05, 4.69) is 20.3 Å². The van der Waals surface area contributed by atoms with Crippen LogP contribution < -0.4 is 5.32 Å². The first-order valence-electron chi connectivity index (χ1n) is 10.9. The molecule has 5 aromatic rings. The van der Waals surface area contributed by atoms with Gasteiger partial charge >= 0.3 is 6.09 Å². The zero-order valence-corrected chi connectivity index (χ0v) is 20.1. The molecule has 0 radical (unpaired) electrons. The third-order valence-corrected chi connectivity index (χ3v) is 7.36. The van der Waals surface area contributed by atoms with Crippen LogP contribution in [0.5, 0.6) is 0 Å². The van der Waals surface area contributed by atoms with Crippen molar-refractivity contribution < 1.29 is 18.3 Å². The van der Waals surface area contributed by atoms with Gasteiger partial charge in [0.2, 0.25) is 0 Å². The van der Waals surface area contributed by atoms with Crippen LogP contribution in [0.1, 0.15) is 11.3 Å². The number of carbonyl (C=O) groups is 1. The number of hydrogen-bond donors (Lipinski definition) is 2. The van der Waals surface area contributed by atoms with E-state index in [1.807, 2.05) is 13.0 Å². The van der Waals surface area contributed by atoms with Crippen LogP contribution in [0.4, 0.5) is 10.5 Å². The fraction of sp³-hybridized carbons (Fsp3) is 0.0385. The molecule has 0 atom stereocenters. The molecule has 0 aliphatic heterocycles. The average Bonchev–Trinajstić information content (AvgIpc) is 3.28. The fourth-order valence-electron chi connectivity index (χ4n) is 3.92. The van der Waals surface area contributed by atoms with Crippen molar-refractivity contribution >= 4 is 32.8 Å². The van der Waals surface area contributed by atoms with Crippen molar-refractivity contribution in [2.24, 2.45) is 0 Å². The second-order valence-corrected chi connectivity index (χ2v) is 10.0. The van der Waals surface area contributed by atoms with E-state index in [1.54, 1.807) is 42.6 Å². The summed E-state index contributed by atoms with van der Waals surface area (Å²) in [5.74, 6) is 0. The normalized spacial score (nSPS) is 11.2. The Kier molecular flexibility index (Phi) is 5.87. The molecule has 0 unspecified atom stereocenters. The van der Waals surface area contributed by atoms with Crippen LogP contribution in [-0.4, -0.2) is 38.5 Å². The number of rotatable bonds is 5. The van der Waals surface area contributed by atoms with Crippen molar-refractivity contribution in [1.29, 1.82) is 5.26 Å². The third kappa shape index (κ3) is 4.49. The highest BCUT2D eigenvalue weighted by Gasteiger charge is 2.23. The van der Waals surface area contributed by atoms with Crippen LogP contribution in [0.15, 0.2) is 84.4 Å². The minimum atomic E-state index is -4.00. The lowest BCUT2D eigenvalue weighted by molar-refractivity contribution is 0.209. The van der Waals surface area contributed by atoms with E-state index < -0.39 is 16.1 Å². The predicted octanol–water partition coefficient (Wildman–Crippen LogP) is 4.67. The van der Waals surface area contributed by atoms with Gasteiger partial charge in [0.1, 0.15) is 11.8 Å². The molecule has 11 heteroatoms. The topological polar surface area (TPSA) is 151 Å². The van der Waals surface area contributed by atoms with Gasteiger partial charge < -0.3 is 5.11 Å². The number of amides is 1. The maximum atomic E-state index is 13.6. The molecule has 0 aliphatic rings. The molecule has 0 saturated heterocycles. The first kappa shape index (κ1) is 23.7. The monoisotopic (exact) mass is 510 g/mol. The van der Waals surface area contributed by atoms with Gasteiger partial charge in [0.05, 0.1) is 16.8 Å². The van der Waals surface area contributed by atoms with E-state index in [1.165, 1.54) is 36.9 Å². The van der Waals surface area contributed by atoms with E-state index in [9.17, 15) is 18.5 Å². The van der Waals surface area contributed by atoms with Crippen LogP contribution in [0, 0.1) is 18.3 Å². The van der Waals surface area contributed by atoms with E-state index in [0.717, 1.165) is 9.54 Å². The molecule has 4 heterocycles. The number of aromatic nitrogens is 4. The highest BCUT2D eigenvalue weighted by Crippen LogP contribution is 2.35. The number of anilines is 1. The van der Waals surface area contributed by atoms with E-state index in [4.69, 9.17) is 5.11 Å². The minimum absolute atomic E-state index is 0.108. The van der Waals surface area contributed by atoms with Gasteiger partial charge in [0, 0.05) is 46.9 Å². The summed E-state index contributed by atoms with van der Waals surface area (Å²) in [6.07, 6.45) is 6.17. The summed E-state index contributed by atoms with van der Waals surface area (Å²) in [6, 6.07) is 15.1. The van der Waals surface area contributed by atoms with Gasteiger partial charge in [-0.05, 0) is 48.9 Å². The molecule has 0 spiro atoms. The average molecular weight is 511 g/mol. The largest absolute Gasteiger partial charge is 0.465 e. The van der Waals surface area contributed by atoms with Gasteiger partial charge in [-0.1, -0.05) is 17.7 Å². The minimum Gasteiger partial charge on any atom is -0.465 e. The Morgan fingerprint density at radius 3 is 2.49 bits per heavy atom. The van der Waals surface area contributed by atoms with Crippen molar-refractivity contribution in [3.8, 4) is 28.3 Å². The number of carboxylic acid groups (broad SMARTS) is 1. The van der Waals surface area contributed by atoms with Gasteiger partial charge in [-0.3, -0.25) is 10.3 Å². The van der Waals surface area contributed by atoms with Crippen LogP contribution in [-0.2, 0) is 10.0 Å². The molecular weight excluding hydrogens is 492 g/mol. The smallest absolute Gasteiger partial charge is 0.409 e. The van der Waals surface area contributed by atoms with Crippen molar-refractivity contribution in [2.45, 2.75) is 11.8 Å². The Hall–Kier alpha value is -5.08. The Labute approximate surface area is 211 Å². The fourth-order valence-corrected chi connectivity index (χ4v) is 5.25.